The Kier molecular flexibility index (Phi) is 3.14. The number of nitrogens with zero attached hydrogens (tertiary/aromatic N) is 3. The maximum atomic E-state index is 3.89. The highest BCUT2D eigenvalue weighted by molar-refractivity contribution is 5.98. The molecule has 0 saturated heterocycles. The Morgan fingerprint density at radius 1 is 1.17 bits per heavy atom. The molecule has 0 aliphatic heterocycles. The molecule has 0 unspecified atom stereocenters. The molecule has 0 radical (unpaired) electrons. The van der Waals surface area contributed by atoms with Gasteiger partial charge in [-0.15, -0.1) is 5.10 Å². The van der Waals surface area contributed by atoms with Crippen molar-refractivity contribution in [3.63, 3.8) is 0 Å². The van der Waals surface area contributed by atoms with Crippen LogP contribution in [0.1, 0.15) is 12.5 Å². The first-order valence-electron chi connectivity index (χ1n) is 3.73. The van der Waals surface area contributed by atoms with Gasteiger partial charge >= 0.3 is 0 Å². The number of hydrogen-bond donors (Lipinski definition) is 0. The molecule has 0 bridgehead atoms. The van der Waals surface area contributed by atoms with E-state index in [9.17, 15) is 0 Å². The molecule has 3 nitrogen and oxygen atoms in total. The number of rotatable bonds is 2. The molecule has 0 aliphatic carbocycles. The van der Waals surface area contributed by atoms with Gasteiger partial charge in [0, 0.05) is 0 Å². The van der Waals surface area contributed by atoms with Crippen molar-refractivity contribution >= 4 is 5.71 Å². The largest absolute Gasteiger partial charge is 0.172 e. The molecule has 1 aromatic rings. The second-order valence-electron chi connectivity index (χ2n) is 2.34. The van der Waals surface area contributed by atoms with Crippen LogP contribution in [0.3, 0.4) is 0 Å². The summed E-state index contributed by atoms with van der Waals surface area (Å²) in [6.45, 7) is 1.91. The summed E-state index contributed by atoms with van der Waals surface area (Å²) in [6.07, 6.45) is 0. The maximum absolute atomic E-state index is 3.89. The molecule has 62 valence electrons. The van der Waals surface area contributed by atoms with Crippen LogP contribution in [0.25, 0.3) is 0 Å². The highest BCUT2D eigenvalue weighted by Crippen LogP contribution is 2.00. The van der Waals surface area contributed by atoms with Crippen molar-refractivity contribution in [1.82, 2.24) is 0 Å². The summed E-state index contributed by atoms with van der Waals surface area (Å²) in [5, 5.41) is 11.0. The highest BCUT2D eigenvalue weighted by atomic mass is 15.4. The lowest BCUT2D eigenvalue weighted by Gasteiger charge is -1.95. The molecule has 0 N–H and O–H groups in total. The monoisotopic (exact) mass is 161 g/mol. The van der Waals surface area contributed by atoms with Crippen LogP contribution in [-0.4, -0.2) is 12.8 Å². The first-order valence-corrected chi connectivity index (χ1v) is 3.73. The van der Waals surface area contributed by atoms with Crippen LogP contribution in [-0.2, 0) is 0 Å². The van der Waals surface area contributed by atoms with E-state index in [4.69, 9.17) is 0 Å². The molecule has 0 amide bonds. The van der Waals surface area contributed by atoms with Crippen LogP contribution in [0.5, 0.6) is 0 Å². The van der Waals surface area contributed by atoms with Crippen molar-refractivity contribution in [3.05, 3.63) is 35.9 Å². The molecule has 0 heterocycles. The minimum absolute atomic E-state index is 0.876. The van der Waals surface area contributed by atoms with Crippen molar-refractivity contribution in [1.29, 1.82) is 0 Å². The van der Waals surface area contributed by atoms with Crippen LogP contribution >= 0.6 is 0 Å². The van der Waals surface area contributed by atoms with E-state index in [1.165, 1.54) is 0 Å². The highest BCUT2D eigenvalue weighted by Gasteiger charge is 1.93. The molecule has 0 atom stereocenters. The second kappa shape index (κ2) is 4.38. The Hall–Kier alpha value is -1.51. The molecular formula is C9H11N3. The molecule has 0 fully saturated rings. The predicted octanol–water partition coefficient (Wildman–Crippen LogP) is 2.49. The topological polar surface area (TPSA) is 37.1 Å². The normalized spacial score (nSPS) is 12.3. The minimum atomic E-state index is 0.876. The fraction of sp³-hybridized carbons (Fsp3) is 0.222. The number of benzene rings is 1. The summed E-state index contributed by atoms with van der Waals surface area (Å²) in [6, 6.07) is 9.89. The van der Waals surface area contributed by atoms with Gasteiger partial charge in [-0.2, -0.15) is 5.11 Å². The van der Waals surface area contributed by atoms with E-state index >= 15 is 0 Å². The lowest BCUT2D eigenvalue weighted by atomic mass is 10.1. The van der Waals surface area contributed by atoms with Gasteiger partial charge in [0.25, 0.3) is 0 Å². The van der Waals surface area contributed by atoms with Crippen LogP contribution in [0.4, 0.5) is 0 Å². The van der Waals surface area contributed by atoms with Crippen molar-refractivity contribution in [2.75, 3.05) is 7.05 Å². The van der Waals surface area contributed by atoms with Crippen molar-refractivity contribution in [2.45, 2.75) is 6.92 Å². The van der Waals surface area contributed by atoms with Gasteiger partial charge in [0.2, 0.25) is 0 Å². The van der Waals surface area contributed by atoms with Gasteiger partial charge in [-0.3, -0.25) is 0 Å². The van der Waals surface area contributed by atoms with E-state index in [1.807, 2.05) is 37.3 Å². The van der Waals surface area contributed by atoms with Gasteiger partial charge < -0.3 is 0 Å². The quantitative estimate of drug-likeness (QED) is 0.363. The number of hydrogen-bond acceptors (Lipinski definition) is 2. The van der Waals surface area contributed by atoms with Gasteiger partial charge in [0.05, 0.1) is 12.8 Å². The van der Waals surface area contributed by atoms with Crippen molar-refractivity contribution in [2.24, 2.45) is 15.4 Å². The van der Waals surface area contributed by atoms with Crippen LogP contribution < -0.4 is 0 Å². The molecule has 1 rings (SSSR count). The van der Waals surface area contributed by atoms with Gasteiger partial charge in [-0.1, -0.05) is 30.3 Å². The minimum Gasteiger partial charge on any atom is -0.172 e. The van der Waals surface area contributed by atoms with Gasteiger partial charge in [0.1, 0.15) is 0 Å². The van der Waals surface area contributed by atoms with E-state index in [0.29, 0.717) is 0 Å². The van der Waals surface area contributed by atoms with E-state index in [2.05, 4.69) is 15.4 Å². The molecule has 0 saturated carbocycles. The van der Waals surface area contributed by atoms with Crippen molar-refractivity contribution in [3.8, 4) is 0 Å². The Bertz CT molecular complexity index is 288. The zero-order valence-electron chi connectivity index (χ0n) is 7.23. The van der Waals surface area contributed by atoms with Gasteiger partial charge in [-0.25, -0.2) is 0 Å². The van der Waals surface area contributed by atoms with E-state index in [1.54, 1.807) is 7.05 Å². The Balaban J connectivity index is 2.85. The molecule has 0 aliphatic rings. The Morgan fingerprint density at radius 2 is 1.83 bits per heavy atom. The molecule has 3 heteroatoms. The third kappa shape index (κ3) is 2.27. The fourth-order valence-corrected chi connectivity index (χ4v) is 0.849. The average molecular weight is 161 g/mol. The molecule has 0 aromatic heterocycles. The summed E-state index contributed by atoms with van der Waals surface area (Å²) in [5.41, 5.74) is 1.95. The van der Waals surface area contributed by atoms with Crippen LogP contribution in [0, 0.1) is 0 Å². The summed E-state index contributed by atoms with van der Waals surface area (Å²) < 4.78 is 0. The zero-order valence-corrected chi connectivity index (χ0v) is 7.23. The lowest BCUT2D eigenvalue weighted by Crippen LogP contribution is -1.91. The van der Waals surface area contributed by atoms with E-state index in [0.717, 1.165) is 11.3 Å². The fourth-order valence-electron chi connectivity index (χ4n) is 0.849. The van der Waals surface area contributed by atoms with Gasteiger partial charge in [0.15, 0.2) is 0 Å². The van der Waals surface area contributed by atoms with Gasteiger partial charge in [-0.05, 0) is 17.7 Å². The molecule has 12 heavy (non-hydrogen) atoms. The summed E-state index contributed by atoms with van der Waals surface area (Å²) in [7, 11) is 1.60. The summed E-state index contributed by atoms with van der Waals surface area (Å²) in [4.78, 5) is 0. The summed E-state index contributed by atoms with van der Waals surface area (Å²) in [5.74, 6) is 0. The second-order valence-corrected chi connectivity index (χ2v) is 2.34. The zero-order chi connectivity index (χ0) is 8.81. The predicted molar refractivity (Wildman–Crippen MR) is 49.4 cm³/mol. The molecule has 0 spiro atoms. The van der Waals surface area contributed by atoms with E-state index in [-0.39, 0.29) is 0 Å². The average Bonchev–Trinajstić information content (AvgIpc) is 2.15. The van der Waals surface area contributed by atoms with E-state index < -0.39 is 0 Å². The van der Waals surface area contributed by atoms with Crippen LogP contribution in [0.2, 0.25) is 0 Å². The third-order valence-electron chi connectivity index (χ3n) is 1.48. The molecular weight excluding hydrogens is 150 g/mol. The smallest absolute Gasteiger partial charge is 0.0689 e. The standard InChI is InChI=1S/C9H11N3/c1-8(11-12-10-2)9-6-4-3-5-7-9/h3-7H,1-2H3/b11-8+,12-10?. The lowest BCUT2D eigenvalue weighted by molar-refractivity contribution is 1.02. The molecule has 1 aromatic carbocycles. The maximum Gasteiger partial charge on any atom is 0.0689 e. The van der Waals surface area contributed by atoms with Crippen LogP contribution in [0.15, 0.2) is 45.8 Å². The van der Waals surface area contributed by atoms with Crippen molar-refractivity contribution < 1.29 is 0 Å². The first-order chi connectivity index (χ1) is 5.84. The third-order valence-corrected chi connectivity index (χ3v) is 1.48. The Labute approximate surface area is 71.8 Å². The summed E-state index contributed by atoms with van der Waals surface area (Å²) >= 11 is 0. The Morgan fingerprint density at radius 3 is 2.42 bits per heavy atom. The first kappa shape index (κ1) is 8.59. The SMILES string of the molecule is CN=N/N=C(\C)c1ccccc1.